The van der Waals surface area contributed by atoms with Gasteiger partial charge in [0.2, 0.25) is 0 Å². The van der Waals surface area contributed by atoms with Crippen molar-refractivity contribution < 1.29 is 9.47 Å². The summed E-state index contributed by atoms with van der Waals surface area (Å²) in [6.07, 6.45) is 3.61. The topological polar surface area (TPSA) is 49.3 Å². The number of benzene rings is 1. The molecule has 0 bridgehead atoms. The largest absolute Gasteiger partial charge is 0.497 e. The van der Waals surface area contributed by atoms with Crippen molar-refractivity contribution in [1.29, 1.82) is 0 Å². The standard InChI is InChI=1S/C23H38N4O2.HI/c1-4-24-23(26(2)16-21-11-14-29-18-21)25-15-19-9-12-27(13-10-19)17-20-5-7-22(28-3)8-6-20;/h5-8,19,21H,4,9-18H2,1-3H3,(H,24,25);1H. The first-order chi connectivity index (χ1) is 14.2. The van der Waals surface area contributed by atoms with Crippen LogP contribution in [0.2, 0.25) is 0 Å². The number of methoxy groups -OCH3 is 1. The number of ether oxygens (including phenoxy) is 2. The van der Waals surface area contributed by atoms with E-state index in [1.807, 2.05) is 12.1 Å². The summed E-state index contributed by atoms with van der Waals surface area (Å²) in [6.45, 7) is 10.1. The summed E-state index contributed by atoms with van der Waals surface area (Å²) in [7, 11) is 3.86. The molecule has 7 heteroatoms. The number of hydrogen-bond donors (Lipinski definition) is 1. The van der Waals surface area contributed by atoms with Gasteiger partial charge < -0.3 is 19.7 Å². The quantitative estimate of drug-likeness (QED) is 0.317. The number of piperidine rings is 1. The van der Waals surface area contributed by atoms with E-state index in [0.29, 0.717) is 11.8 Å². The lowest BCUT2D eigenvalue weighted by atomic mass is 9.96. The van der Waals surface area contributed by atoms with Crippen LogP contribution in [0.1, 0.15) is 31.7 Å². The van der Waals surface area contributed by atoms with Crippen molar-refractivity contribution in [2.75, 3.05) is 60.1 Å². The molecule has 30 heavy (non-hydrogen) atoms. The Hall–Kier alpha value is -1.06. The summed E-state index contributed by atoms with van der Waals surface area (Å²) in [4.78, 5) is 9.80. The van der Waals surface area contributed by atoms with Gasteiger partial charge in [0.25, 0.3) is 0 Å². The number of nitrogens with one attached hydrogen (secondary N) is 1. The van der Waals surface area contributed by atoms with Gasteiger partial charge in [-0.1, -0.05) is 12.1 Å². The molecule has 1 aromatic rings. The molecule has 2 aliphatic heterocycles. The fraction of sp³-hybridized carbons (Fsp3) is 0.696. The molecule has 2 saturated heterocycles. The molecule has 1 N–H and O–H groups in total. The van der Waals surface area contributed by atoms with Gasteiger partial charge in [-0.05, 0) is 62.9 Å². The van der Waals surface area contributed by atoms with Crippen LogP contribution in [0.4, 0.5) is 0 Å². The molecule has 2 fully saturated rings. The normalized spacial score (nSPS) is 20.6. The fourth-order valence-electron chi connectivity index (χ4n) is 4.20. The summed E-state index contributed by atoms with van der Waals surface area (Å²) in [5.74, 6) is 3.27. The van der Waals surface area contributed by atoms with Gasteiger partial charge in [0.15, 0.2) is 5.96 Å². The minimum atomic E-state index is 0. The average Bonchev–Trinajstić information content (AvgIpc) is 3.25. The number of nitrogens with zero attached hydrogens (tertiary/aromatic N) is 3. The average molecular weight is 530 g/mol. The Morgan fingerprint density at radius 2 is 1.93 bits per heavy atom. The molecule has 170 valence electrons. The summed E-state index contributed by atoms with van der Waals surface area (Å²) < 4.78 is 10.8. The van der Waals surface area contributed by atoms with Crippen LogP contribution in [-0.4, -0.2) is 75.9 Å². The second-order valence-corrected chi connectivity index (χ2v) is 8.37. The van der Waals surface area contributed by atoms with Gasteiger partial charge in [-0.3, -0.25) is 9.89 Å². The molecule has 2 heterocycles. The molecule has 0 aliphatic carbocycles. The molecule has 0 saturated carbocycles. The van der Waals surface area contributed by atoms with Gasteiger partial charge in [-0.2, -0.15) is 0 Å². The molecule has 1 aromatic carbocycles. The molecule has 1 atom stereocenters. The predicted octanol–water partition coefficient (Wildman–Crippen LogP) is 3.46. The Labute approximate surface area is 199 Å². The van der Waals surface area contributed by atoms with Crippen molar-refractivity contribution in [2.45, 2.75) is 32.7 Å². The number of likely N-dealkylation sites (tertiary alicyclic amines) is 1. The fourth-order valence-corrected chi connectivity index (χ4v) is 4.20. The van der Waals surface area contributed by atoms with E-state index in [1.165, 1.54) is 18.4 Å². The molecule has 0 spiro atoms. The SMILES string of the molecule is CCNC(=NCC1CCN(Cc2ccc(OC)cc2)CC1)N(C)CC1CCOC1.I. The lowest BCUT2D eigenvalue weighted by molar-refractivity contribution is 0.179. The van der Waals surface area contributed by atoms with E-state index in [0.717, 1.165) is 70.6 Å². The Morgan fingerprint density at radius 3 is 2.53 bits per heavy atom. The van der Waals surface area contributed by atoms with E-state index < -0.39 is 0 Å². The van der Waals surface area contributed by atoms with Gasteiger partial charge in [-0.25, -0.2) is 0 Å². The smallest absolute Gasteiger partial charge is 0.193 e. The van der Waals surface area contributed by atoms with Gasteiger partial charge in [0.05, 0.1) is 13.7 Å². The van der Waals surface area contributed by atoms with Crippen molar-refractivity contribution in [1.82, 2.24) is 15.1 Å². The summed E-state index contributed by atoms with van der Waals surface area (Å²) >= 11 is 0. The molecular formula is C23H39IN4O2. The van der Waals surface area contributed by atoms with Gasteiger partial charge in [0.1, 0.15) is 5.75 Å². The van der Waals surface area contributed by atoms with Crippen LogP contribution in [0.25, 0.3) is 0 Å². The number of aliphatic imine (C=N–C) groups is 1. The number of halogens is 1. The van der Waals surface area contributed by atoms with Crippen LogP contribution in [0.5, 0.6) is 5.75 Å². The number of guanidine groups is 1. The first-order valence-electron chi connectivity index (χ1n) is 11.1. The van der Waals surface area contributed by atoms with Crippen LogP contribution < -0.4 is 10.1 Å². The molecule has 0 radical (unpaired) electrons. The van der Waals surface area contributed by atoms with Crippen molar-refractivity contribution in [3.63, 3.8) is 0 Å². The highest BCUT2D eigenvalue weighted by Gasteiger charge is 2.21. The van der Waals surface area contributed by atoms with Crippen molar-refractivity contribution in [3.8, 4) is 5.75 Å². The van der Waals surface area contributed by atoms with Gasteiger partial charge in [0, 0.05) is 45.8 Å². The number of hydrogen-bond acceptors (Lipinski definition) is 4. The summed E-state index contributed by atoms with van der Waals surface area (Å²) in [5.41, 5.74) is 1.36. The maximum Gasteiger partial charge on any atom is 0.193 e. The van der Waals surface area contributed by atoms with Crippen LogP contribution in [0.3, 0.4) is 0 Å². The minimum Gasteiger partial charge on any atom is -0.497 e. The third kappa shape index (κ3) is 7.89. The third-order valence-electron chi connectivity index (χ3n) is 6.02. The van der Waals surface area contributed by atoms with E-state index in [9.17, 15) is 0 Å². The van der Waals surface area contributed by atoms with E-state index >= 15 is 0 Å². The molecule has 0 aromatic heterocycles. The maximum absolute atomic E-state index is 5.52. The number of rotatable bonds is 8. The monoisotopic (exact) mass is 530 g/mol. The predicted molar refractivity (Wildman–Crippen MR) is 134 cm³/mol. The molecular weight excluding hydrogens is 491 g/mol. The Bertz CT molecular complexity index is 627. The molecule has 1 unspecified atom stereocenters. The minimum absolute atomic E-state index is 0. The van der Waals surface area contributed by atoms with Gasteiger partial charge in [-0.15, -0.1) is 24.0 Å². The lowest BCUT2D eigenvalue weighted by Crippen LogP contribution is -2.42. The highest BCUT2D eigenvalue weighted by Crippen LogP contribution is 2.21. The maximum atomic E-state index is 5.52. The van der Waals surface area contributed by atoms with E-state index in [2.05, 4.69) is 41.2 Å². The highest BCUT2D eigenvalue weighted by molar-refractivity contribution is 14.0. The Balaban J connectivity index is 0.00000320. The second-order valence-electron chi connectivity index (χ2n) is 8.37. The highest BCUT2D eigenvalue weighted by atomic mass is 127. The zero-order valence-corrected chi connectivity index (χ0v) is 21.1. The zero-order valence-electron chi connectivity index (χ0n) is 18.8. The lowest BCUT2D eigenvalue weighted by Gasteiger charge is -2.32. The second kappa shape index (κ2) is 13.4. The van der Waals surface area contributed by atoms with Crippen LogP contribution >= 0.6 is 24.0 Å². The summed E-state index contributed by atoms with van der Waals surface area (Å²) in [6, 6.07) is 8.44. The van der Waals surface area contributed by atoms with Gasteiger partial charge >= 0.3 is 0 Å². The zero-order chi connectivity index (χ0) is 20.5. The van der Waals surface area contributed by atoms with E-state index in [-0.39, 0.29) is 24.0 Å². The molecule has 6 nitrogen and oxygen atoms in total. The third-order valence-corrected chi connectivity index (χ3v) is 6.02. The molecule has 0 amide bonds. The molecule has 3 rings (SSSR count). The van der Waals surface area contributed by atoms with Crippen molar-refractivity contribution in [3.05, 3.63) is 29.8 Å². The van der Waals surface area contributed by atoms with E-state index in [1.54, 1.807) is 7.11 Å². The Kier molecular flexibility index (Phi) is 11.2. The first kappa shape index (κ1) is 25.2. The Morgan fingerprint density at radius 1 is 1.20 bits per heavy atom. The first-order valence-corrected chi connectivity index (χ1v) is 11.1. The van der Waals surface area contributed by atoms with E-state index in [4.69, 9.17) is 14.5 Å². The van der Waals surface area contributed by atoms with Crippen LogP contribution in [0, 0.1) is 11.8 Å². The molecule has 2 aliphatic rings. The van der Waals surface area contributed by atoms with Crippen LogP contribution in [-0.2, 0) is 11.3 Å². The summed E-state index contributed by atoms with van der Waals surface area (Å²) in [5, 5.41) is 3.46. The van der Waals surface area contributed by atoms with Crippen molar-refractivity contribution >= 4 is 29.9 Å². The van der Waals surface area contributed by atoms with Crippen molar-refractivity contribution in [2.24, 2.45) is 16.8 Å². The van der Waals surface area contributed by atoms with Crippen LogP contribution in [0.15, 0.2) is 29.3 Å².